The highest BCUT2D eigenvalue weighted by molar-refractivity contribution is 14.1. The molecule has 64 valence electrons. The summed E-state index contributed by atoms with van der Waals surface area (Å²) in [5.74, 6) is 0.00839. The predicted octanol–water partition coefficient (Wildman–Crippen LogP) is 0.828. The lowest BCUT2D eigenvalue weighted by Gasteiger charge is -2.11. The van der Waals surface area contributed by atoms with E-state index in [1.165, 1.54) is 0 Å². The largest absolute Gasteiger partial charge is 0.480 e. The van der Waals surface area contributed by atoms with Gasteiger partial charge in [-0.15, -0.1) is 0 Å². The average Bonchev–Trinajstić information content (AvgIpc) is 2.34. The molecule has 4 heteroatoms. The van der Waals surface area contributed by atoms with Crippen molar-refractivity contribution in [3.8, 4) is 0 Å². The highest BCUT2D eigenvalue weighted by atomic mass is 127. The number of alkyl halides is 1. The van der Waals surface area contributed by atoms with E-state index in [1.807, 2.05) is 4.90 Å². The zero-order valence-electron chi connectivity index (χ0n) is 6.29. The van der Waals surface area contributed by atoms with Crippen molar-refractivity contribution in [2.45, 2.75) is 6.42 Å². The van der Waals surface area contributed by atoms with Gasteiger partial charge < -0.3 is 5.11 Å². The maximum atomic E-state index is 10.3. The fraction of sp³-hybridized carbons (Fsp3) is 0.857. The number of nitrogens with zero attached hydrogens (tertiary/aromatic N) is 1. The number of hydrogen-bond donors (Lipinski definition) is 1. The molecule has 1 aliphatic rings. The second-order valence-electron chi connectivity index (χ2n) is 2.94. The van der Waals surface area contributed by atoms with Crippen LogP contribution in [0, 0.1) is 5.92 Å². The maximum Gasteiger partial charge on any atom is 0.317 e. The fourth-order valence-electron chi connectivity index (χ4n) is 1.37. The number of rotatable bonds is 3. The summed E-state index contributed by atoms with van der Waals surface area (Å²) in [5.41, 5.74) is 0. The minimum Gasteiger partial charge on any atom is -0.480 e. The third-order valence-electron chi connectivity index (χ3n) is 1.95. The fourth-order valence-corrected chi connectivity index (χ4v) is 2.09. The van der Waals surface area contributed by atoms with Crippen molar-refractivity contribution in [2.24, 2.45) is 5.92 Å². The lowest BCUT2D eigenvalue weighted by atomic mass is 10.2. The molecule has 3 nitrogen and oxygen atoms in total. The molecule has 1 rings (SSSR count). The molecule has 1 N–H and O–H groups in total. The van der Waals surface area contributed by atoms with E-state index < -0.39 is 5.97 Å². The maximum absolute atomic E-state index is 10.3. The van der Waals surface area contributed by atoms with E-state index in [0.29, 0.717) is 0 Å². The van der Waals surface area contributed by atoms with Gasteiger partial charge in [0, 0.05) is 11.0 Å². The molecule has 1 saturated heterocycles. The second-order valence-corrected chi connectivity index (χ2v) is 3.82. The van der Waals surface area contributed by atoms with Crippen molar-refractivity contribution in [1.82, 2.24) is 4.90 Å². The minimum absolute atomic E-state index is 0.215. The molecule has 0 aromatic heterocycles. The smallest absolute Gasteiger partial charge is 0.317 e. The molecule has 0 amide bonds. The Kier molecular flexibility index (Phi) is 3.58. The molecule has 1 atom stereocenters. The Labute approximate surface area is 79.9 Å². The summed E-state index contributed by atoms with van der Waals surface area (Å²) >= 11 is 2.36. The van der Waals surface area contributed by atoms with Crippen LogP contribution in [0.15, 0.2) is 0 Å². The van der Waals surface area contributed by atoms with Crippen LogP contribution >= 0.6 is 22.6 Å². The summed E-state index contributed by atoms with van der Waals surface area (Å²) in [6, 6.07) is 0. The summed E-state index contributed by atoms with van der Waals surface area (Å²) in [5, 5.41) is 8.49. The van der Waals surface area contributed by atoms with Gasteiger partial charge in [-0.2, -0.15) is 0 Å². The molecule has 1 fully saturated rings. The van der Waals surface area contributed by atoms with Gasteiger partial charge in [-0.1, -0.05) is 22.6 Å². The van der Waals surface area contributed by atoms with Gasteiger partial charge in [-0.05, 0) is 18.9 Å². The number of likely N-dealkylation sites (tertiary alicyclic amines) is 1. The molecule has 11 heavy (non-hydrogen) atoms. The molecule has 0 unspecified atom stereocenters. The molecular weight excluding hydrogens is 257 g/mol. The van der Waals surface area contributed by atoms with Crippen LogP contribution in [0.3, 0.4) is 0 Å². The van der Waals surface area contributed by atoms with Crippen LogP contribution in [0.25, 0.3) is 0 Å². The van der Waals surface area contributed by atoms with E-state index in [0.717, 1.165) is 29.9 Å². The first kappa shape index (κ1) is 9.25. The Bertz CT molecular complexity index is 151. The number of aliphatic carboxylic acids is 1. The van der Waals surface area contributed by atoms with E-state index in [1.54, 1.807) is 0 Å². The Morgan fingerprint density at radius 3 is 2.91 bits per heavy atom. The first-order valence-corrected chi connectivity index (χ1v) is 5.25. The van der Waals surface area contributed by atoms with Crippen molar-refractivity contribution in [3.63, 3.8) is 0 Å². The highest BCUT2D eigenvalue weighted by Gasteiger charge is 2.22. The van der Waals surface area contributed by atoms with Crippen molar-refractivity contribution >= 4 is 28.6 Å². The minimum atomic E-state index is -0.709. The van der Waals surface area contributed by atoms with Gasteiger partial charge in [0.15, 0.2) is 0 Å². The van der Waals surface area contributed by atoms with Crippen LogP contribution in [0.2, 0.25) is 0 Å². The van der Waals surface area contributed by atoms with Crippen LogP contribution in [0.5, 0.6) is 0 Å². The second kappa shape index (κ2) is 4.25. The number of hydrogen-bond acceptors (Lipinski definition) is 2. The molecular formula is C7H12INO2. The van der Waals surface area contributed by atoms with Gasteiger partial charge in [-0.3, -0.25) is 9.69 Å². The lowest BCUT2D eigenvalue weighted by Crippen LogP contribution is -2.27. The lowest BCUT2D eigenvalue weighted by molar-refractivity contribution is -0.138. The summed E-state index contributed by atoms with van der Waals surface area (Å²) in [4.78, 5) is 12.3. The van der Waals surface area contributed by atoms with Gasteiger partial charge in [0.05, 0.1) is 6.54 Å². The monoisotopic (exact) mass is 269 g/mol. The SMILES string of the molecule is O=C(O)CN1CC[C@@H](CI)C1. The van der Waals surface area contributed by atoms with Crippen molar-refractivity contribution < 1.29 is 9.90 Å². The first-order valence-electron chi connectivity index (χ1n) is 3.72. The molecule has 1 aliphatic heterocycles. The predicted molar refractivity (Wildman–Crippen MR) is 51.1 cm³/mol. The quantitative estimate of drug-likeness (QED) is 0.609. The number of halogens is 1. The highest BCUT2D eigenvalue weighted by Crippen LogP contribution is 2.17. The Morgan fingerprint density at radius 2 is 2.45 bits per heavy atom. The van der Waals surface area contributed by atoms with Crippen molar-refractivity contribution in [2.75, 3.05) is 24.1 Å². The van der Waals surface area contributed by atoms with E-state index in [9.17, 15) is 4.79 Å². The van der Waals surface area contributed by atoms with Crippen LogP contribution in [-0.4, -0.2) is 40.0 Å². The zero-order valence-corrected chi connectivity index (χ0v) is 8.45. The van der Waals surface area contributed by atoms with Gasteiger partial charge >= 0.3 is 5.97 Å². The van der Waals surface area contributed by atoms with Gasteiger partial charge in [-0.25, -0.2) is 0 Å². The third-order valence-corrected chi connectivity index (χ3v) is 3.19. The number of carbonyl (C=O) groups is 1. The van der Waals surface area contributed by atoms with E-state index in [4.69, 9.17) is 5.11 Å². The first-order chi connectivity index (χ1) is 5.22. The number of carboxylic acid groups (broad SMARTS) is 1. The van der Waals surface area contributed by atoms with E-state index in [-0.39, 0.29) is 6.54 Å². The van der Waals surface area contributed by atoms with Crippen LogP contribution in [-0.2, 0) is 4.79 Å². The molecule has 0 radical (unpaired) electrons. The molecule has 0 aromatic rings. The standard InChI is InChI=1S/C7H12INO2/c8-3-6-1-2-9(4-6)5-7(10)11/h6H,1-5H2,(H,10,11)/t6-/m0/s1. The molecule has 0 aliphatic carbocycles. The van der Waals surface area contributed by atoms with Crippen molar-refractivity contribution in [3.05, 3.63) is 0 Å². The third kappa shape index (κ3) is 2.94. The van der Waals surface area contributed by atoms with Crippen LogP contribution in [0.1, 0.15) is 6.42 Å². The molecule has 0 bridgehead atoms. The van der Waals surface area contributed by atoms with Crippen LogP contribution < -0.4 is 0 Å². The van der Waals surface area contributed by atoms with Crippen LogP contribution in [0.4, 0.5) is 0 Å². The Hall–Kier alpha value is 0.160. The van der Waals surface area contributed by atoms with E-state index >= 15 is 0 Å². The Morgan fingerprint density at radius 1 is 1.73 bits per heavy atom. The topological polar surface area (TPSA) is 40.5 Å². The summed E-state index contributed by atoms with van der Waals surface area (Å²) in [7, 11) is 0. The summed E-state index contributed by atoms with van der Waals surface area (Å²) in [6.45, 7) is 2.14. The van der Waals surface area contributed by atoms with Gasteiger partial charge in [0.2, 0.25) is 0 Å². The van der Waals surface area contributed by atoms with Gasteiger partial charge in [0.1, 0.15) is 0 Å². The van der Waals surface area contributed by atoms with Gasteiger partial charge in [0.25, 0.3) is 0 Å². The normalized spacial score (nSPS) is 25.7. The summed E-state index contributed by atoms with van der Waals surface area (Å²) < 4.78 is 1.15. The number of carboxylic acids is 1. The van der Waals surface area contributed by atoms with Crippen molar-refractivity contribution in [1.29, 1.82) is 0 Å². The summed E-state index contributed by atoms with van der Waals surface area (Å²) in [6.07, 6.45) is 1.16. The average molecular weight is 269 g/mol. The molecule has 0 saturated carbocycles. The molecule has 0 spiro atoms. The zero-order chi connectivity index (χ0) is 8.27. The molecule has 1 heterocycles. The van der Waals surface area contributed by atoms with E-state index in [2.05, 4.69) is 22.6 Å². The Balaban J connectivity index is 2.24. The molecule has 0 aromatic carbocycles.